The van der Waals surface area contributed by atoms with Gasteiger partial charge in [-0.2, -0.15) is 11.8 Å². The second-order valence-electron chi connectivity index (χ2n) is 2.96. The molecule has 0 aliphatic heterocycles. The van der Waals surface area contributed by atoms with Gasteiger partial charge in [0.15, 0.2) is 0 Å². The zero-order valence-electron chi connectivity index (χ0n) is 8.76. The Hall–Kier alpha value is -1.43. The van der Waals surface area contributed by atoms with Crippen LogP contribution in [0.5, 0.6) is 0 Å². The number of thioether (sulfide) groups is 1. The quantitative estimate of drug-likeness (QED) is 0.607. The molecule has 0 amide bonds. The number of ether oxygens (including phenoxy) is 1. The Kier molecular flexibility index (Phi) is 4.91. The van der Waals surface area contributed by atoms with Gasteiger partial charge in [-0.25, -0.2) is 4.79 Å². The molecule has 0 atom stereocenters. The summed E-state index contributed by atoms with van der Waals surface area (Å²) in [5.74, 6) is -0.118. The van der Waals surface area contributed by atoms with E-state index in [4.69, 9.17) is 9.52 Å². The molecular weight excluding hydrogens is 232 g/mol. The van der Waals surface area contributed by atoms with E-state index in [-0.39, 0.29) is 12.2 Å². The topological polar surface area (TPSA) is 76.7 Å². The number of hydrogen-bond donors (Lipinski definition) is 1. The van der Waals surface area contributed by atoms with Crippen molar-refractivity contribution in [3.05, 3.63) is 23.7 Å². The van der Waals surface area contributed by atoms with E-state index in [1.165, 1.54) is 25.1 Å². The Morgan fingerprint density at radius 2 is 2.31 bits per heavy atom. The second kappa shape index (κ2) is 6.22. The van der Waals surface area contributed by atoms with Crippen LogP contribution in [0.1, 0.15) is 22.5 Å². The van der Waals surface area contributed by atoms with Gasteiger partial charge in [0.2, 0.25) is 5.76 Å². The van der Waals surface area contributed by atoms with Crippen molar-refractivity contribution < 1.29 is 23.8 Å². The molecule has 0 unspecified atom stereocenters. The fourth-order valence-electron chi connectivity index (χ4n) is 1.06. The number of furan rings is 1. The highest BCUT2D eigenvalue weighted by atomic mass is 32.2. The van der Waals surface area contributed by atoms with Gasteiger partial charge in [-0.1, -0.05) is 0 Å². The summed E-state index contributed by atoms with van der Waals surface area (Å²) >= 11 is 1.43. The van der Waals surface area contributed by atoms with E-state index in [0.29, 0.717) is 11.5 Å². The zero-order valence-corrected chi connectivity index (χ0v) is 9.58. The van der Waals surface area contributed by atoms with E-state index in [2.05, 4.69) is 4.74 Å². The van der Waals surface area contributed by atoms with E-state index in [1.807, 2.05) is 0 Å². The summed E-state index contributed by atoms with van der Waals surface area (Å²) < 4.78 is 9.53. The van der Waals surface area contributed by atoms with E-state index < -0.39 is 11.9 Å². The highest BCUT2D eigenvalue weighted by Gasteiger charge is 2.15. The molecule has 1 heterocycles. The van der Waals surface area contributed by atoms with Gasteiger partial charge in [-0.3, -0.25) is 4.79 Å². The van der Waals surface area contributed by atoms with E-state index in [1.54, 1.807) is 6.07 Å². The van der Waals surface area contributed by atoms with Crippen LogP contribution in [-0.2, 0) is 15.3 Å². The minimum Gasteiger partial charge on any atom is -0.481 e. The van der Waals surface area contributed by atoms with E-state index in [0.717, 1.165) is 5.56 Å². The molecule has 5 nitrogen and oxygen atoms in total. The van der Waals surface area contributed by atoms with Crippen LogP contribution in [0.15, 0.2) is 16.7 Å². The number of carbonyl (C=O) groups is 2. The van der Waals surface area contributed by atoms with Crippen molar-refractivity contribution in [2.75, 3.05) is 12.9 Å². The molecule has 0 bridgehead atoms. The first-order valence-corrected chi connectivity index (χ1v) is 5.75. The first-order valence-electron chi connectivity index (χ1n) is 4.59. The lowest BCUT2D eigenvalue weighted by Gasteiger charge is -2.00. The lowest BCUT2D eigenvalue weighted by atomic mass is 10.3. The minimum atomic E-state index is -0.826. The fraction of sp³-hybridized carbons (Fsp3) is 0.400. The molecule has 1 N–H and O–H groups in total. The van der Waals surface area contributed by atoms with Gasteiger partial charge in [0, 0.05) is 17.1 Å². The molecule has 0 spiro atoms. The van der Waals surface area contributed by atoms with Crippen LogP contribution in [0, 0.1) is 0 Å². The lowest BCUT2D eigenvalue weighted by molar-refractivity contribution is -0.136. The summed E-state index contributed by atoms with van der Waals surface area (Å²) in [6.07, 6.45) is 1.52. The van der Waals surface area contributed by atoms with Crippen molar-refractivity contribution in [1.29, 1.82) is 0 Å². The summed E-state index contributed by atoms with van der Waals surface area (Å²) in [6, 6.07) is 1.68. The highest BCUT2D eigenvalue weighted by Crippen LogP contribution is 2.19. The third-order valence-corrected chi connectivity index (χ3v) is 2.84. The van der Waals surface area contributed by atoms with Gasteiger partial charge in [0.1, 0.15) is 0 Å². The van der Waals surface area contributed by atoms with Crippen molar-refractivity contribution in [3.63, 3.8) is 0 Å². The van der Waals surface area contributed by atoms with E-state index in [9.17, 15) is 9.59 Å². The molecule has 1 aromatic heterocycles. The Labute approximate surface area is 96.8 Å². The van der Waals surface area contributed by atoms with Gasteiger partial charge in [0.05, 0.1) is 19.8 Å². The number of carbonyl (C=O) groups excluding carboxylic acids is 1. The van der Waals surface area contributed by atoms with Crippen LogP contribution in [0.4, 0.5) is 0 Å². The predicted octanol–water partition coefficient (Wildman–Crippen LogP) is 1.77. The van der Waals surface area contributed by atoms with Gasteiger partial charge >= 0.3 is 11.9 Å². The lowest BCUT2D eigenvalue weighted by Crippen LogP contribution is -2.02. The van der Waals surface area contributed by atoms with Crippen LogP contribution in [0.3, 0.4) is 0 Å². The first kappa shape index (κ1) is 12.6. The molecule has 6 heteroatoms. The summed E-state index contributed by atoms with van der Waals surface area (Å²) in [5.41, 5.74) is 0.724. The maximum absolute atomic E-state index is 11.2. The largest absolute Gasteiger partial charge is 0.481 e. The van der Waals surface area contributed by atoms with Crippen LogP contribution in [0.25, 0.3) is 0 Å². The molecule has 16 heavy (non-hydrogen) atoms. The van der Waals surface area contributed by atoms with Gasteiger partial charge in [0.25, 0.3) is 0 Å². The third kappa shape index (κ3) is 3.62. The summed E-state index contributed by atoms with van der Waals surface area (Å²) in [7, 11) is 1.28. The van der Waals surface area contributed by atoms with Crippen molar-refractivity contribution in [2.24, 2.45) is 0 Å². The van der Waals surface area contributed by atoms with Gasteiger partial charge in [-0.05, 0) is 6.07 Å². The van der Waals surface area contributed by atoms with Crippen LogP contribution >= 0.6 is 11.8 Å². The average molecular weight is 244 g/mol. The Morgan fingerprint density at radius 1 is 1.56 bits per heavy atom. The molecular formula is C10H12O5S. The highest BCUT2D eigenvalue weighted by molar-refractivity contribution is 7.98. The molecule has 0 aliphatic carbocycles. The smallest absolute Gasteiger partial charge is 0.374 e. The van der Waals surface area contributed by atoms with Crippen molar-refractivity contribution in [2.45, 2.75) is 12.2 Å². The molecule has 0 radical (unpaired) electrons. The summed E-state index contributed by atoms with van der Waals surface area (Å²) in [5, 5.41) is 8.45. The van der Waals surface area contributed by atoms with Crippen LogP contribution in [0.2, 0.25) is 0 Å². The average Bonchev–Trinajstić information content (AvgIpc) is 2.71. The molecule has 0 aromatic carbocycles. The van der Waals surface area contributed by atoms with Crippen molar-refractivity contribution >= 4 is 23.7 Å². The van der Waals surface area contributed by atoms with E-state index >= 15 is 0 Å². The first-order chi connectivity index (χ1) is 7.65. The standard InChI is InChI=1S/C10H12O5S/c1-14-10(13)9-7(2-4-15-9)6-16-5-3-8(11)12/h2,4H,3,5-6H2,1H3,(H,11,12). The summed E-state index contributed by atoms with van der Waals surface area (Å²) in [4.78, 5) is 21.5. The zero-order chi connectivity index (χ0) is 12.0. The Bertz CT molecular complexity index is 371. The maximum atomic E-state index is 11.2. The maximum Gasteiger partial charge on any atom is 0.374 e. The molecule has 1 aromatic rings. The van der Waals surface area contributed by atoms with Crippen molar-refractivity contribution in [3.8, 4) is 0 Å². The number of carboxylic acids is 1. The third-order valence-electron chi connectivity index (χ3n) is 1.84. The second-order valence-corrected chi connectivity index (χ2v) is 4.07. The fourth-order valence-corrected chi connectivity index (χ4v) is 1.97. The number of esters is 1. The molecule has 1 rings (SSSR count). The molecule has 0 saturated heterocycles. The minimum absolute atomic E-state index is 0.107. The van der Waals surface area contributed by atoms with Gasteiger partial charge < -0.3 is 14.3 Å². The number of aliphatic carboxylic acids is 1. The molecule has 0 fully saturated rings. The monoisotopic (exact) mass is 244 g/mol. The van der Waals surface area contributed by atoms with Crippen LogP contribution < -0.4 is 0 Å². The number of methoxy groups -OCH3 is 1. The molecule has 0 saturated carbocycles. The van der Waals surface area contributed by atoms with Crippen LogP contribution in [-0.4, -0.2) is 29.9 Å². The number of hydrogen-bond acceptors (Lipinski definition) is 5. The molecule has 88 valence electrons. The Balaban J connectivity index is 2.45. The predicted molar refractivity (Wildman–Crippen MR) is 58.5 cm³/mol. The Morgan fingerprint density at radius 3 is 2.94 bits per heavy atom. The van der Waals surface area contributed by atoms with Gasteiger partial charge in [-0.15, -0.1) is 0 Å². The summed E-state index contributed by atoms with van der Waals surface area (Å²) in [6.45, 7) is 0. The number of carboxylic acid groups (broad SMARTS) is 1. The normalized spacial score (nSPS) is 10.1. The number of rotatable bonds is 6. The molecule has 0 aliphatic rings. The SMILES string of the molecule is COC(=O)c1occc1CSCCC(=O)O. The van der Waals surface area contributed by atoms with Crippen molar-refractivity contribution in [1.82, 2.24) is 0 Å².